The quantitative estimate of drug-likeness (QED) is 0.454. The van der Waals surface area contributed by atoms with Crippen molar-refractivity contribution in [3.05, 3.63) is 0 Å². The molecule has 0 aromatic heterocycles. The summed E-state index contributed by atoms with van der Waals surface area (Å²) in [6, 6.07) is 0. The van der Waals surface area contributed by atoms with Crippen LogP contribution < -0.4 is 5.73 Å². The van der Waals surface area contributed by atoms with E-state index in [-0.39, 0.29) is 0 Å². The molecule has 0 saturated heterocycles. The van der Waals surface area contributed by atoms with Crippen molar-refractivity contribution in [1.82, 2.24) is 0 Å². The zero-order chi connectivity index (χ0) is 8.27. The maximum absolute atomic E-state index is 5.74. The highest BCUT2D eigenvalue weighted by Crippen LogP contribution is 2.27. The molecule has 11 heavy (non-hydrogen) atoms. The van der Waals surface area contributed by atoms with Gasteiger partial charge in [0.25, 0.3) is 0 Å². The fraction of sp³-hybridized carbons (Fsp3) is 0.889. The lowest BCUT2D eigenvalue weighted by Gasteiger charge is -2.25. The van der Waals surface area contributed by atoms with Crippen LogP contribution in [0.1, 0.15) is 32.6 Å². The minimum atomic E-state index is 0.580. The first-order chi connectivity index (χ1) is 5.24. The number of hydrogen-bond donors (Lipinski definition) is 1. The second-order valence-corrected chi connectivity index (χ2v) is 3.61. The smallest absolute Gasteiger partial charge is 0.0964 e. The van der Waals surface area contributed by atoms with Crippen LogP contribution in [0.2, 0.25) is 0 Å². The van der Waals surface area contributed by atoms with Gasteiger partial charge < -0.3 is 5.73 Å². The summed E-state index contributed by atoms with van der Waals surface area (Å²) in [5.41, 5.74) is 5.74. The van der Waals surface area contributed by atoms with Gasteiger partial charge in [-0.15, -0.1) is 0 Å². The number of amidine groups is 1. The maximum atomic E-state index is 5.74. The molecule has 64 valence electrons. The molecular weight excluding hydrogens is 136 g/mol. The summed E-state index contributed by atoms with van der Waals surface area (Å²) < 4.78 is 0. The molecule has 0 aliphatic heterocycles. The molecule has 1 fully saturated rings. The van der Waals surface area contributed by atoms with Crippen LogP contribution in [0.5, 0.6) is 0 Å². The van der Waals surface area contributed by atoms with E-state index in [4.69, 9.17) is 5.73 Å². The van der Waals surface area contributed by atoms with Crippen LogP contribution >= 0.6 is 0 Å². The van der Waals surface area contributed by atoms with Crippen molar-refractivity contribution in [2.24, 2.45) is 22.6 Å². The third-order valence-electron chi connectivity index (χ3n) is 2.69. The van der Waals surface area contributed by atoms with Gasteiger partial charge in [0.2, 0.25) is 0 Å². The van der Waals surface area contributed by atoms with Crippen molar-refractivity contribution in [1.29, 1.82) is 0 Å². The standard InChI is InChI=1S/C9H18N2/c1-7-3-5-8(6-4-7)9(10)11-2/h7-8H,3-6H2,1-2H3,(H2,10,11). The van der Waals surface area contributed by atoms with Crippen LogP contribution in [0.3, 0.4) is 0 Å². The van der Waals surface area contributed by atoms with E-state index in [0.29, 0.717) is 5.92 Å². The Balaban J connectivity index is 2.39. The van der Waals surface area contributed by atoms with Gasteiger partial charge in [0.05, 0.1) is 5.84 Å². The minimum Gasteiger partial charge on any atom is -0.387 e. The normalized spacial score (nSPS) is 33.8. The van der Waals surface area contributed by atoms with E-state index < -0.39 is 0 Å². The molecule has 2 heteroatoms. The molecule has 0 amide bonds. The molecule has 0 heterocycles. The van der Waals surface area contributed by atoms with Gasteiger partial charge in [-0.1, -0.05) is 19.8 Å². The van der Waals surface area contributed by atoms with E-state index in [0.717, 1.165) is 11.8 Å². The van der Waals surface area contributed by atoms with E-state index >= 15 is 0 Å². The predicted octanol–water partition coefficient (Wildman–Crippen LogP) is 1.80. The molecule has 2 N–H and O–H groups in total. The number of nitrogens with zero attached hydrogens (tertiary/aromatic N) is 1. The zero-order valence-electron chi connectivity index (χ0n) is 7.51. The molecule has 2 nitrogen and oxygen atoms in total. The van der Waals surface area contributed by atoms with Crippen molar-refractivity contribution >= 4 is 5.84 Å². The molecule has 0 spiro atoms. The summed E-state index contributed by atoms with van der Waals surface area (Å²) in [5, 5.41) is 0. The molecule has 1 aliphatic rings. The third kappa shape index (κ3) is 2.21. The van der Waals surface area contributed by atoms with Gasteiger partial charge in [0, 0.05) is 13.0 Å². The van der Waals surface area contributed by atoms with Crippen LogP contribution in [0, 0.1) is 11.8 Å². The Morgan fingerprint density at radius 3 is 2.27 bits per heavy atom. The molecule has 0 aromatic rings. The zero-order valence-corrected chi connectivity index (χ0v) is 7.51. The van der Waals surface area contributed by atoms with Crippen molar-refractivity contribution in [3.63, 3.8) is 0 Å². The van der Waals surface area contributed by atoms with Gasteiger partial charge in [-0.25, -0.2) is 0 Å². The van der Waals surface area contributed by atoms with E-state index in [2.05, 4.69) is 11.9 Å². The highest BCUT2D eigenvalue weighted by atomic mass is 14.8. The van der Waals surface area contributed by atoms with E-state index in [1.165, 1.54) is 25.7 Å². The highest BCUT2D eigenvalue weighted by molar-refractivity contribution is 5.82. The summed E-state index contributed by atoms with van der Waals surface area (Å²) >= 11 is 0. The van der Waals surface area contributed by atoms with Crippen molar-refractivity contribution in [2.75, 3.05) is 7.05 Å². The molecule has 1 aliphatic carbocycles. The van der Waals surface area contributed by atoms with Crippen LogP contribution in [0.4, 0.5) is 0 Å². The lowest BCUT2D eigenvalue weighted by Crippen LogP contribution is -2.27. The highest BCUT2D eigenvalue weighted by Gasteiger charge is 2.20. The van der Waals surface area contributed by atoms with Crippen LogP contribution in [0.15, 0.2) is 4.99 Å². The maximum Gasteiger partial charge on any atom is 0.0964 e. The van der Waals surface area contributed by atoms with Crippen LogP contribution in [0.25, 0.3) is 0 Å². The fourth-order valence-electron chi connectivity index (χ4n) is 1.74. The summed E-state index contributed by atoms with van der Waals surface area (Å²) in [7, 11) is 1.79. The lowest BCUT2D eigenvalue weighted by molar-refractivity contribution is 0.342. The van der Waals surface area contributed by atoms with Crippen molar-refractivity contribution in [3.8, 4) is 0 Å². The van der Waals surface area contributed by atoms with Gasteiger partial charge >= 0.3 is 0 Å². The average molecular weight is 154 g/mol. The van der Waals surface area contributed by atoms with Crippen molar-refractivity contribution in [2.45, 2.75) is 32.6 Å². The Morgan fingerprint density at radius 2 is 1.82 bits per heavy atom. The molecule has 0 bridgehead atoms. The number of rotatable bonds is 1. The predicted molar refractivity (Wildman–Crippen MR) is 48.7 cm³/mol. The average Bonchev–Trinajstić information content (AvgIpc) is 2.05. The first-order valence-corrected chi connectivity index (χ1v) is 4.46. The first kappa shape index (κ1) is 8.57. The Kier molecular flexibility index (Phi) is 2.92. The van der Waals surface area contributed by atoms with Gasteiger partial charge in [0.15, 0.2) is 0 Å². The monoisotopic (exact) mass is 154 g/mol. The number of hydrogen-bond acceptors (Lipinski definition) is 1. The van der Waals surface area contributed by atoms with E-state index in [1.54, 1.807) is 7.05 Å². The van der Waals surface area contributed by atoms with Gasteiger partial charge in [0.1, 0.15) is 0 Å². The first-order valence-electron chi connectivity index (χ1n) is 4.46. The fourth-order valence-corrected chi connectivity index (χ4v) is 1.74. The summed E-state index contributed by atoms with van der Waals surface area (Å²) in [6.45, 7) is 2.31. The lowest BCUT2D eigenvalue weighted by atomic mass is 9.82. The second kappa shape index (κ2) is 3.74. The number of aliphatic imine (C=N–C) groups is 1. The summed E-state index contributed by atoms with van der Waals surface area (Å²) in [4.78, 5) is 4.03. The Morgan fingerprint density at radius 1 is 1.27 bits per heavy atom. The molecule has 0 unspecified atom stereocenters. The minimum absolute atomic E-state index is 0.580. The Bertz CT molecular complexity index is 144. The molecule has 1 rings (SSSR count). The second-order valence-electron chi connectivity index (χ2n) is 3.61. The topological polar surface area (TPSA) is 38.4 Å². The van der Waals surface area contributed by atoms with Crippen LogP contribution in [-0.2, 0) is 0 Å². The Hall–Kier alpha value is -0.530. The van der Waals surface area contributed by atoms with Gasteiger partial charge in [-0.3, -0.25) is 4.99 Å². The third-order valence-corrected chi connectivity index (χ3v) is 2.69. The van der Waals surface area contributed by atoms with Crippen LogP contribution in [-0.4, -0.2) is 12.9 Å². The van der Waals surface area contributed by atoms with Gasteiger partial charge in [-0.05, 0) is 18.8 Å². The number of nitrogens with two attached hydrogens (primary N) is 1. The summed E-state index contributed by atoms with van der Waals surface area (Å²) in [5.74, 6) is 2.34. The van der Waals surface area contributed by atoms with E-state index in [9.17, 15) is 0 Å². The molecule has 0 atom stereocenters. The largest absolute Gasteiger partial charge is 0.387 e. The summed E-state index contributed by atoms with van der Waals surface area (Å²) in [6.07, 6.45) is 5.12. The molecular formula is C9H18N2. The molecule has 0 aromatic carbocycles. The van der Waals surface area contributed by atoms with E-state index in [1.807, 2.05) is 0 Å². The SMILES string of the molecule is CN=C(N)C1CCC(C)CC1. The Labute approximate surface area is 68.9 Å². The van der Waals surface area contributed by atoms with Gasteiger partial charge in [-0.2, -0.15) is 0 Å². The molecule has 1 saturated carbocycles. The molecule has 0 radical (unpaired) electrons. The van der Waals surface area contributed by atoms with Crippen molar-refractivity contribution < 1.29 is 0 Å².